The van der Waals surface area contributed by atoms with E-state index >= 15 is 0 Å². The number of hydrogen-bond acceptors (Lipinski definition) is 6. The van der Waals surface area contributed by atoms with Crippen LogP contribution in [0, 0.1) is 13.8 Å². The lowest BCUT2D eigenvalue weighted by Gasteiger charge is -2.28. The first-order valence-electron chi connectivity index (χ1n) is 11.1. The number of likely N-dealkylation sites (N-methyl/N-ethyl adjacent to an activating group) is 1. The van der Waals surface area contributed by atoms with Gasteiger partial charge in [-0.3, -0.25) is 19.5 Å². The Morgan fingerprint density at radius 1 is 1.09 bits per heavy atom. The molecular formula is C27H25N3O4. The Labute approximate surface area is 197 Å². The van der Waals surface area contributed by atoms with Gasteiger partial charge in [-0.05, 0) is 66.9 Å². The summed E-state index contributed by atoms with van der Waals surface area (Å²) in [5.41, 5.74) is 4.62. The van der Waals surface area contributed by atoms with Crippen molar-refractivity contribution in [2.75, 3.05) is 30.0 Å². The molecule has 7 nitrogen and oxygen atoms in total. The largest absolute Gasteiger partial charge is 0.507 e. The molecule has 2 aromatic carbocycles. The van der Waals surface area contributed by atoms with Gasteiger partial charge >= 0.3 is 0 Å². The van der Waals surface area contributed by atoms with Crippen molar-refractivity contribution in [3.8, 4) is 5.75 Å². The maximum atomic E-state index is 13.3. The van der Waals surface area contributed by atoms with Crippen LogP contribution in [0.5, 0.6) is 5.75 Å². The molecule has 1 saturated heterocycles. The molecule has 0 aliphatic carbocycles. The minimum Gasteiger partial charge on any atom is -0.507 e. The second-order valence-electron chi connectivity index (χ2n) is 8.68. The molecule has 2 aliphatic heterocycles. The fourth-order valence-corrected chi connectivity index (χ4v) is 4.48. The number of aryl methyl sites for hydroxylation is 2. The molecule has 2 aliphatic rings. The first-order chi connectivity index (χ1) is 16.4. The number of fused-ring (bicyclic) bond motifs is 1. The minimum atomic E-state index is -0.805. The second kappa shape index (κ2) is 8.33. The van der Waals surface area contributed by atoms with Gasteiger partial charge in [0.15, 0.2) is 0 Å². The molecule has 1 atom stereocenters. The van der Waals surface area contributed by atoms with E-state index in [4.69, 9.17) is 4.74 Å². The molecule has 5 rings (SSSR count). The molecule has 1 unspecified atom stereocenters. The van der Waals surface area contributed by atoms with Gasteiger partial charge in [-0.1, -0.05) is 12.1 Å². The van der Waals surface area contributed by atoms with Crippen molar-refractivity contribution >= 4 is 28.8 Å². The van der Waals surface area contributed by atoms with E-state index in [-0.39, 0.29) is 11.3 Å². The van der Waals surface area contributed by atoms with Gasteiger partial charge in [-0.15, -0.1) is 0 Å². The van der Waals surface area contributed by atoms with Gasteiger partial charge in [0.25, 0.3) is 11.7 Å². The number of aliphatic hydroxyl groups is 1. The van der Waals surface area contributed by atoms with Gasteiger partial charge in [0.2, 0.25) is 0 Å². The standard InChI is InChI=1S/C27H25N3O4/c1-16-6-8-20(13-17(16)2)30-24(19-5-4-10-28-15-19)23(26(32)27(30)33)25(31)18-7-9-22-21(14-18)29(3)11-12-34-22/h4-10,13-15,24,31H,11-12H2,1-3H3/b25-23-. The van der Waals surface area contributed by atoms with Crippen LogP contribution >= 0.6 is 0 Å². The maximum Gasteiger partial charge on any atom is 0.300 e. The van der Waals surface area contributed by atoms with Crippen molar-refractivity contribution < 1.29 is 19.4 Å². The summed E-state index contributed by atoms with van der Waals surface area (Å²) in [5, 5.41) is 11.4. The SMILES string of the molecule is Cc1ccc(N2C(=O)C(=O)/C(=C(\O)c3ccc4c(c3)N(C)CCO4)C2c2cccnc2)cc1C. The molecule has 3 heterocycles. The smallest absolute Gasteiger partial charge is 0.300 e. The van der Waals surface area contributed by atoms with Crippen molar-refractivity contribution in [1.29, 1.82) is 0 Å². The molecule has 0 spiro atoms. The van der Waals surface area contributed by atoms with E-state index in [0.717, 1.165) is 16.8 Å². The molecule has 0 bridgehead atoms. The Balaban J connectivity index is 1.69. The van der Waals surface area contributed by atoms with Gasteiger partial charge < -0.3 is 14.7 Å². The van der Waals surface area contributed by atoms with Crippen molar-refractivity contribution in [1.82, 2.24) is 4.98 Å². The number of nitrogens with zero attached hydrogens (tertiary/aromatic N) is 3. The van der Waals surface area contributed by atoms with Crippen LogP contribution in [0.15, 0.2) is 66.5 Å². The normalized spacial score (nSPS) is 19.2. The van der Waals surface area contributed by atoms with Crippen molar-refractivity contribution in [2.45, 2.75) is 19.9 Å². The fraction of sp³-hybridized carbons (Fsp3) is 0.222. The van der Waals surface area contributed by atoms with Crippen molar-refractivity contribution in [3.05, 3.63) is 88.8 Å². The first-order valence-corrected chi connectivity index (χ1v) is 11.1. The van der Waals surface area contributed by atoms with Crippen molar-refractivity contribution in [2.24, 2.45) is 0 Å². The van der Waals surface area contributed by atoms with Crippen LogP contribution in [0.1, 0.15) is 28.3 Å². The minimum absolute atomic E-state index is 0.0376. The highest BCUT2D eigenvalue weighted by atomic mass is 16.5. The second-order valence-corrected chi connectivity index (χ2v) is 8.68. The summed E-state index contributed by atoms with van der Waals surface area (Å²) in [5.74, 6) is -0.922. The number of rotatable bonds is 3. The number of ketones is 1. The average molecular weight is 456 g/mol. The third kappa shape index (κ3) is 3.50. The average Bonchev–Trinajstić information content (AvgIpc) is 3.11. The van der Waals surface area contributed by atoms with E-state index < -0.39 is 17.7 Å². The quantitative estimate of drug-likeness (QED) is 0.363. The Morgan fingerprint density at radius 3 is 2.65 bits per heavy atom. The number of pyridine rings is 1. The van der Waals surface area contributed by atoms with Gasteiger partial charge in [0.1, 0.15) is 18.1 Å². The Morgan fingerprint density at radius 2 is 1.91 bits per heavy atom. The molecule has 1 N–H and O–H groups in total. The van der Waals surface area contributed by atoms with Crippen LogP contribution in [0.25, 0.3) is 5.76 Å². The van der Waals surface area contributed by atoms with Crippen LogP contribution in [0.2, 0.25) is 0 Å². The van der Waals surface area contributed by atoms with E-state index in [1.807, 2.05) is 44.0 Å². The molecular weight excluding hydrogens is 430 g/mol. The third-order valence-corrected chi connectivity index (χ3v) is 6.54. The summed E-state index contributed by atoms with van der Waals surface area (Å²) in [6.07, 6.45) is 3.25. The van der Waals surface area contributed by atoms with E-state index in [0.29, 0.717) is 35.7 Å². The summed E-state index contributed by atoms with van der Waals surface area (Å²) in [6, 6.07) is 13.6. The summed E-state index contributed by atoms with van der Waals surface area (Å²) in [6.45, 7) is 5.24. The molecule has 1 fully saturated rings. The maximum absolute atomic E-state index is 13.3. The van der Waals surface area contributed by atoms with Crippen LogP contribution in [-0.2, 0) is 9.59 Å². The number of carbonyl (C=O) groups is 2. The van der Waals surface area contributed by atoms with Gasteiger partial charge in [-0.2, -0.15) is 0 Å². The fourth-order valence-electron chi connectivity index (χ4n) is 4.48. The number of carbonyl (C=O) groups excluding carboxylic acids is 2. The third-order valence-electron chi connectivity index (χ3n) is 6.54. The number of aromatic nitrogens is 1. The van der Waals surface area contributed by atoms with Gasteiger partial charge in [0, 0.05) is 30.7 Å². The Kier molecular flexibility index (Phi) is 5.32. The number of hydrogen-bond donors (Lipinski definition) is 1. The lowest BCUT2D eigenvalue weighted by atomic mass is 9.95. The van der Waals surface area contributed by atoms with E-state index in [1.54, 1.807) is 42.7 Å². The van der Waals surface area contributed by atoms with Gasteiger partial charge in [0.05, 0.1) is 23.8 Å². The van der Waals surface area contributed by atoms with Crippen LogP contribution in [0.4, 0.5) is 11.4 Å². The zero-order valence-corrected chi connectivity index (χ0v) is 19.3. The molecule has 34 heavy (non-hydrogen) atoms. The monoisotopic (exact) mass is 455 g/mol. The molecule has 3 aromatic rings. The molecule has 1 aromatic heterocycles. The predicted molar refractivity (Wildman–Crippen MR) is 130 cm³/mol. The summed E-state index contributed by atoms with van der Waals surface area (Å²) < 4.78 is 5.70. The van der Waals surface area contributed by atoms with Crippen LogP contribution in [-0.4, -0.2) is 42.0 Å². The van der Waals surface area contributed by atoms with Crippen LogP contribution in [0.3, 0.4) is 0 Å². The summed E-state index contributed by atoms with van der Waals surface area (Å²) in [7, 11) is 1.94. The van der Waals surface area contributed by atoms with E-state index in [1.165, 1.54) is 4.90 Å². The molecule has 7 heteroatoms. The summed E-state index contributed by atoms with van der Waals surface area (Å²) in [4.78, 5) is 34.3. The highest BCUT2D eigenvalue weighted by Crippen LogP contribution is 2.43. The van der Waals surface area contributed by atoms with Gasteiger partial charge in [-0.25, -0.2) is 0 Å². The number of amides is 1. The van der Waals surface area contributed by atoms with E-state index in [2.05, 4.69) is 4.98 Å². The topological polar surface area (TPSA) is 83.0 Å². The zero-order chi connectivity index (χ0) is 24.0. The Hall–Kier alpha value is -4.13. The number of ether oxygens (including phenoxy) is 1. The summed E-state index contributed by atoms with van der Waals surface area (Å²) >= 11 is 0. The zero-order valence-electron chi connectivity index (χ0n) is 19.3. The lowest BCUT2D eigenvalue weighted by Crippen LogP contribution is -2.29. The molecule has 0 radical (unpaired) electrons. The molecule has 1 amide bonds. The Bertz CT molecular complexity index is 1330. The first kappa shape index (κ1) is 21.7. The highest BCUT2D eigenvalue weighted by Gasteiger charge is 2.47. The van der Waals surface area contributed by atoms with Crippen molar-refractivity contribution in [3.63, 3.8) is 0 Å². The number of aliphatic hydroxyl groups excluding tert-OH is 1. The molecule has 172 valence electrons. The lowest BCUT2D eigenvalue weighted by molar-refractivity contribution is -0.132. The van der Waals surface area contributed by atoms with Crippen LogP contribution < -0.4 is 14.5 Å². The number of anilines is 2. The molecule has 0 saturated carbocycles. The predicted octanol–water partition coefficient (Wildman–Crippen LogP) is 4.15. The highest BCUT2D eigenvalue weighted by molar-refractivity contribution is 6.51. The van der Waals surface area contributed by atoms with E-state index in [9.17, 15) is 14.7 Å². The number of Topliss-reactive ketones (excluding diaryl/α,β-unsaturated/α-hetero) is 1. The number of benzene rings is 2.